The van der Waals surface area contributed by atoms with Crippen LogP contribution in [0.15, 0.2) is 48.6 Å². The van der Waals surface area contributed by atoms with E-state index in [4.69, 9.17) is 28.4 Å². The molecule has 0 fully saturated rings. The highest BCUT2D eigenvalue weighted by Gasteiger charge is 2.38. The first-order chi connectivity index (χ1) is 46.9. The number of ether oxygens (including phenoxy) is 6. The van der Waals surface area contributed by atoms with Crippen molar-refractivity contribution in [1.82, 2.24) is 0 Å². The number of unbranched alkanes of at least 4 members (excludes halogenated alkanes) is 44. The van der Waals surface area contributed by atoms with Crippen LogP contribution in [0.1, 0.15) is 387 Å². The van der Waals surface area contributed by atoms with Crippen molar-refractivity contribution >= 4 is 31.5 Å². The summed E-state index contributed by atoms with van der Waals surface area (Å²) < 4.78 is 47.0. The average molecular weight is 1380 g/mol. The molecule has 0 rings (SSSR count). The number of aliphatic hydroxyl groups excluding tert-OH is 1. The summed E-state index contributed by atoms with van der Waals surface area (Å²) >= 11 is 0. The van der Waals surface area contributed by atoms with Crippen molar-refractivity contribution < 1.29 is 67.1 Å². The van der Waals surface area contributed by atoms with Gasteiger partial charge in [0.15, 0.2) is 18.1 Å². The van der Waals surface area contributed by atoms with Crippen LogP contribution in [0.3, 0.4) is 0 Å². The van der Waals surface area contributed by atoms with E-state index in [2.05, 4.69) is 76.3 Å². The summed E-state index contributed by atoms with van der Waals surface area (Å²) in [6, 6.07) is 0. The zero-order valence-corrected chi connectivity index (χ0v) is 63.2. The number of hydrogen-bond acceptors (Lipinski definition) is 12. The number of hydrogen-bond donors (Lipinski definition) is 3. The molecule has 15 heteroatoms. The zero-order valence-electron chi connectivity index (χ0n) is 62.3. The second-order valence-electron chi connectivity index (χ2n) is 27.3. The molecule has 0 aliphatic carbocycles. The number of aliphatic hydroxyl groups is 1. The maximum atomic E-state index is 13.2. The molecule has 0 aromatic carbocycles. The molecule has 0 heterocycles. The van der Waals surface area contributed by atoms with Gasteiger partial charge in [-0.1, -0.05) is 282 Å². The fourth-order valence-corrected chi connectivity index (χ4v) is 12.5. The summed E-state index contributed by atoms with van der Waals surface area (Å²) in [4.78, 5) is 73.3. The van der Waals surface area contributed by atoms with E-state index < -0.39 is 75.5 Å². The lowest BCUT2D eigenvalue weighted by Crippen LogP contribution is -2.38. The van der Waals surface area contributed by atoms with Crippen LogP contribution < -0.4 is 0 Å². The maximum Gasteiger partial charge on any atom is 0.356 e. The van der Waals surface area contributed by atoms with Gasteiger partial charge >= 0.3 is 31.5 Å². The van der Waals surface area contributed by atoms with Gasteiger partial charge in [-0.25, -0.2) is 0 Å². The lowest BCUT2D eigenvalue weighted by Gasteiger charge is -2.27. The molecule has 0 saturated heterocycles. The SMILES string of the molecule is CCCCCCCCC=CCCCCCCCC(=O)OC[C@H](COC([C@@H](O)COC[C@@H](COC(=O)CCCCCCCC=CCCCCCCCC)OC(=O)CCCCCCCC=CCCCCCCCC)P(=O)(O)O)OC(=O)CCCCCCCC=CCCCCCCCC. The van der Waals surface area contributed by atoms with Gasteiger partial charge in [0.25, 0.3) is 0 Å². The van der Waals surface area contributed by atoms with Crippen LogP contribution in [0.4, 0.5) is 0 Å². The molecule has 0 bridgehead atoms. The molecule has 3 N–H and O–H groups in total. The number of carbonyl (C=O) groups excluding carboxylic acids is 4. The zero-order chi connectivity index (χ0) is 70.2. The van der Waals surface area contributed by atoms with E-state index >= 15 is 0 Å². The molecule has 0 spiro atoms. The Hall–Kier alpha value is -3.13. The Labute approximate surface area is 588 Å². The van der Waals surface area contributed by atoms with Crippen LogP contribution in [0, 0.1) is 0 Å². The van der Waals surface area contributed by atoms with Crippen LogP contribution in [0.5, 0.6) is 0 Å². The van der Waals surface area contributed by atoms with Crippen molar-refractivity contribution in [3.05, 3.63) is 48.6 Å². The van der Waals surface area contributed by atoms with Crippen LogP contribution >= 0.6 is 7.60 Å². The normalized spacial score (nSPS) is 13.4. The minimum Gasteiger partial charge on any atom is -0.462 e. The molecule has 0 aromatic rings. The van der Waals surface area contributed by atoms with Gasteiger partial charge in [-0.3, -0.25) is 23.7 Å². The molecular formula is C81H149O14P. The Balaban J connectivity index is 5.56. The van der Waals surface area contributed by atoms with Gasteiger partial charge in [0.1, 0.15) is 19.3 Å². The maximum absolute atomic E-state index is 13.2. The Kier molecular flexibility index (Phi) is 70.7. The van der Waals surface area contributed by atoms with E-state index in [1.165, 1.54) is 154 Å². The minimum absolute atomic E-state index is 0.103. The molecule has 562 valence electrons. The molecule has 0 aliphatic heterocycles. The fourth-order valence-electron chi connectivity index (χ4n) is 11.6. The first-order valence-corrected chi connectivity index (χ1v) is 41.8. The summed E-state index contributed by atoms with van der Waals surface area (Å²) in [7, 11) is -5.20. The Morgan fingerprint density at radius 2 is 0.531 bits per heavy atom. The van der Waals surface area contributed by atoms with E-state index in [1.54, 1.807) is 0 Å². The van der Waals surface area contributed by atoms with Gasteiger partial charge in [0.2, 0.25) is 0 Å². The lowest BCUT2D eigenvalue weighted by atomic mass is 10.1. The van der Waals surface area contributed by atoms with Crippen molar-refractivity contribution in [2.24, 2.45) is 0 Å². The standard InChI is InChI=1S/C81H149O14P/c1-5-9-13-17-21-25-29-33-37-41-45-49-53-57-61-65-77(83)91-70-74(94-79(85)67-63-59-55-51-47-43-39-35-31-27-23-19-15-11-7-3)69-90-73-76(82)81(96(87,88)89)93-72-75(95-80(86)68-64-60-56-52-48-44-40-36-32-28-24-20-16-12-8-4)71-92-78(84)66-62-58-54-50-46-42-38-34-30-26-22-18-14-10-6-2/h33-40,74-76,81-82H,5-32,41-73H2,1-4H3,(H2,87,88,89)/t74-,75+,76-,81?/m0/s1. The number of esters is 4. The molecule has 0 aromatic heterocycles. The molecule has 1 unspecified atom stereocenters. The Morgan fingerprint density at radius 3 is 0.792 bits per heavy atom. The molecule has 0 amide bonds. The summed E-state index contributed by atoms with van der Waals surface area (Å²) in [5, 5.41) is 11.3. The summed E-state index contributed by atoms with van der Waals surface area (Å²) in [6.45, 7) is 6.69. The van der Waals surface area contributed by atoms with Crippen molar-refractivity contribution in [1.29, 1.82) is 0 Å². The van der Waals surface area contributed by atoms with E-state index in [0.717, 1.165) is 154 Å². The van der Waals surface area contributed by atoms with Crippen LogP contribution in [-0.2, 0) is 52.2 Å². The van der Waals surface area contributed by atoms with Crippen molar-refractivity contribution in [2.45, 2.75) is 411 Å². The number of rotatable bonds is 75. The second-order valence-corrected chi connectivity index (χ2v) is 29.0. The fraction of sp³-hybridized carbons (Fsp3) is 0.852. The highest BCUT2D eigenvalue weighted by Crippen LogP contribution is 2.44. The number of allylic oxidation sites excluding steroid dienone is 8. The van der Waals surface area contributed by atoms with Crippen molar-refractivity contribution in [3.8, 4) is 0 Å². The first-order valence-electron chi connectivity index (χ1n) is 40.1. The average Bonchev–Trinajstić information content (AvgIpc) is 1.10. The predicted octanol–water partition coefficient (Wildman–Crippen LogP) is 22.9. The van der Waals surface area contributed by atoms with E-state index in [0.29, 0.717) is 25.7 Å². The van der Waals surface area contributed by atoms with Crippen LogP contribution in [0.25, 0.3) is 0 Å². The summed E-state index contributed by atoms with van der Waals surface area (Å²) in [6.07, 6.45) is 73.3. The molecule has 0 radical (unpaired) electrons. The summed E-state index contributed by atoms with van der Waals surface area (Å²) in [5.74, 6) is -4.07. The third-order valence-electron chi connectivity index (χ3n) is 17.7. The van der Waals surface area contributed by atoms with E-state index in [-0.39, 0.29) is 38.9 Å². The van der Waals surface area contributed by atoms with Gasteiger partial charge in [0.05, 0.1) is 19.8 Å². The largest absolute Gasteiger partial charge is 0.462 e. The van der Waals surface area contributed by atoms with Gasteiger partial charge in [-0.2, -0.15) is 0 Å². The lowest BCUT2D eigenvalue weighted by molar-refractivity contribution is -0.166. The van der Waals surface area contributed by atoms with Crippen molar-refractivity contribution in [3.63, 3.8) is 0 Å². The van der Waals surface area contributed by atoms with Crippen LogP contribution in [0.2, 0.25) is 0 Å². The smallest absolute Gasteiger partial charge is 0.356 e. The molecule has 14 nitrogen and oxygen atoms in total. The first kappa shape index (κ1) is 92.9. The van der Waals surface area contributed by atoms with Gasteiger partial charge < -0.3 is 43.3 Å². The van der Waals surface area contributed by atoms with Crippen molar-refractivity contribution in [2.75, 3.05) is 33.0 Å². The Morgan fingerprint density at radius 1 is 0.302 bits per heavy atom. The van der Waals surface area contributed by atoms with Crippen LogP contribution in [-0.4, -0.2) is 96.0 Å². The molecule has 96 heavy (non-hydrogen) atoms. The quantitative estimate of drug-likeness (QED) is 0.0171. The topological polar surface area (TPSA) is 201 Å². The number of carbonyl (C=O) groups is 4. The van der Waals surface area contributed by atoms with Gasteiger partial charge in [-0.05, 0) is 128 Å². The highest BCUT2D eigenvalue weighted by molar-refractivity contribution is 7.52. The molecular weight excluding hydrogens is 1230 g/mol. The van der Waals surface area contributed by atoms with E-state index in [1.807, 2.05) is 0 Å². The van der Waals surface area contributed by atoms with E-state index in [9.17, 15) is 38.6 Å². The van der Waals surface area contributed by atoms with Gasteiger partial charge in [0, 0.05) is 25.7 Å². The molecule has 4 atom stereocenters. The molecule has 0 aliphatic rings. The Bertz CT molecular complexity index is 1900. The van der Waals surface area contributed by atoms with Gasteiger partial charge in [-0.15, -0.1) is 0 Å². The molecule has 0 saturated carbocycles. The second kappa shape index (κ2) is 73.1. The predicted molar refractivity (Wildman–Crippen MR) is 398 cm³/mol. The highest BCUT2D eigenvalue weighted by atomic mass is 31.2. The monoisotopic (exact) mass is 1380 g/mol. The minimum atomic E-state index is -5.20. The third-order valence-corrected chi connectivity index (χ3v) is 18.9. The summed E-state index contributed by atoms with van der Waals surface area (Å²) in [5.41, 5.74) is 0. The third kappa shape index (κ3) is 68.0.